The molecule has 12 nitrogen and oxygen atoms in total. The van der Waals surface area contributed by atoms with Gasteiger partial charge in [-0.25, -0.2) is 0 Å². The minimum absolute atomic E-state index is 0.107. The zero-order valence-corrected chi connectivity index (χ0v) is 23.1. The van der Waals surface area contributed by atoms with Crippen molar-refractivity contribution in [3.05, 3.63) is 10.4 Å². The highest BCUT2D eigenvalue weighted by molar-refractivity contribution is 5.81. The van der Waals surface area contributed by atoms with Gasteiger partial charge < -0.3 is 14.8 Å². The highest BCUT2D eigenvalue weighted by Gasteiger charge is 2.29. The summed E-state index contributed by atoms with van der Waals surface area (Å²) in [6.07, 6.45) is 0.369. The van der Waals surface area contributed by atoms with Crippen molar-refractivity contribution in [2.45, 2.75) is 72.1 Å². The van der Waals surface area contributed by atoms with Gasteiger partial charge in [-0.2, -0.15) is 0 Å². The van der Waals surface area contributed by atoms with Crippen LogP contribution in [-0.2, 0) is 23.9 Å². The van der Waals surface area contributed by atoms with Gasteiger partial charge in [0, 0.05) is 57.3 Å². The summed E-state index contributed by atoms with van der Waals surface area (Å²) in [5.41, 5.74) is 7.52. The molecule has 1 heterocycles. The van der Waals surface area contributed by atoms with Crippen molar-refractivity contribution in [2.75, 3.05) is 65.4 Å². The average molecular weight is 512 g/mol. The van der Waals surface area contributed by atoms with Crippen molar-refractivity contribution >= 4 is 17.8 Å². The Balaban J connectivity index is 3.09. The number of ether oxygens (including phenoxy) is 2. The van der Waals surface area contributed by atoms with E-state index >= 15 is 0 Å². The van der Waals surface area contributed by atoms with Crippen LogP contribution in [-0.4, -0.2) is 115 Å². The van der Waals surface area contributed by atoms with Crippen LogP contribution in [0.5, 0.6) is 0 Å². The second-order valence-corrected chi connectivity index (χ2v) is 10.9. The second kappa shape index (κ2) is 15.0. The maximum atomic E-state index is 12.9. The first kappa shape index (κ1) is 31.6. The molecule has 1 atom stereocenters. The number of hydrogen-bond donors (Lipinski definition) is 1. The molecule has 1 aliphatic heterocycles. The number of nitrogens with one attached hydrogen (secondary N) is 1. The molecule has 1 N–H and O–H groups in total. The number of amides is 1. The fourth-order valence-corrected chi connectivity index (χ4v) is 3.89. The van der Waals surface area contributed by atoms with E-state index in [1.165, 1.54) is 0 Å². The molecular formula is C24H45N7O5. The number of hydrogen-bond acceptors (Lipinski definition) is 9. The lowest BCUT2D eigenvalue weighted by molar-refractivity contribution is -0.158. The molecular weight excluding hydrogens is 466 g/mol. The largest absolute Gasteiger partial charge is 0.459 e. The minimum atomic E-state index is -0.587. The predicted octanol–water partition coefficient (Wildman–Crippen LogP) is 1.79. The minimum Gasteiger partial charge on any atom is -0.459 e. The van der Waals surface area contributed by atoms with Gasteiger partial charge in [-0.15, -0.1) is 0 Å². The molecule has 1 saturated heterocycles. The van der Waals surface area contributed by atoms with Crippen LogP contribution in [0.3, 0.4) is 0 Å². The monoisotopic (exact) mass is 511 g/mol. The van der Waals surface area contributed by atoms with E-state index in [0.29, 0.717) is 52.2 Å². The Morgan fingerprint density at radius 2 is 1.33 bits per heavy atom. The third-order valence-electron chi connectivity index (χ3n) is 5.35. The van der Waals surface area contributed by atoms with E-state index in [0.717, 1.165) is 0 Å². The highest BCUT2D eigenvalue weighted by Crippen LogP contribution is 2.12. The zero-order valence-electron chi connectivity index (χ0n) is 23.1. The third-order valence-corrected chi connectivity index (χ3v) is 5.35. The molecule has 0 aromatic carbocycles. The summed E-state index contributed by atoms with van der Waals surface area (Å²) < 4.78 is 11.0. The van der Waals surface area contributed by atoms with E-state index in [1.54, 1.807) is 0 Å². The van der Waals surface area contributed by atoms with Crippen molar-refractivity contribution < 1.29 is 23.9 Å². The van der Waals surface area contributed by atoms with Gasteiger partial charge in [0.2, 0.25) is 5.91 Å². The number of azide groups is 1. The summed E-state index contributed by atoms with van der Waals surface area (Å²) in [4.78, 5) is 46.8. The maximum Gasteiger partial charge on any atom is 0.320 e. The Morgan fingerprint density at radius 1 is 0.889 bits per heavy atom. The molecule has 0 aromatic rings. The van der Waals surface area contributed by atoms with Crippen molar-refractivity contribution in [1.82, 2.24) is 20.0 Å². The molecule has 0 saturated carbocycles. The molecule has 0 spiro atoms. The van der Waals surface area contributed by atoms with Crippen LogP contribution in [0, 0.1) is 0 Å². The standard InChI is InChI=1S/C24H45N7O5/c1-8-26-22(34)19(9-10-27-28-25)31-15-13-29(17-20(32)35-23(2,3)4)11-12-30(14-16-31)18-21(33)36-24(5,6)7/h19H,8-18H2,1-7H3,(H,26,34). The first-order chi connectivity index (χ1) is 16.7. The SMILES string of the molecule is CCNC(=O)C(CCN=[N+]=[N-])N1CCN(CC(=O)OC(C)(C)C)CCN(CC(=O)OC(C)(C)C)CC1. The topological polar surface area (TPSA) is 140 Å². The number of likely N-dealkylation sites (N-methyl/N-ethyl adjacent to an activating group) is 1. The van der Waals surface area contributed by atoms with Crippen LogP contribution < -0.4 is 5.32 Å². The van der Waals surface area contributed by atoms with Crippen molar-refractivity contribution in [3.8, 4) is 0 Å². The third kappa shape index (κ3) is 13.6. The first-order valence-electron chi connectivity index (χ1n) is 12.6. The van der Waals surface area contributed by atoms with E-state index in [9.17, 15) is 14.4 Å². The van der Waals surface area contributed by atoms with Gasteiger partial charge >= 0.3 is 11.9 Å². The summed E-state index contributed by atoms with van der Waals surface area (Å²) in [5, 5.41) is 6.49. The number of rotatable bonds is 10. The summed E-state index contributed by atoms with van der Waals surface area (Å²) in [7, 11) is 0. The molecule has 0 radical (unpaired) electrons. The predicted molar refractivity (Wildman–Crippen MR) is 137 cm³/mol. The fourth-order valence-electron chi connectivity index (χ4n) is 3.89. The lowest BCUT2D eigenvalue weighted by atomic mass is 10.1. The van der Waals surface area contributed by atoms with Crippen molar-refractivity contribution in [2.24, 2.45) is 5.11 Å². The van der Waals surface area contributed by atoms with E-state index in [1.807, 2.05) is 63.2 Å². The molecule has 0 bridgehead atoms. The van der Waals surface area contributed by atoms with Crippen LogP contribution in [0.2, 0.25) is 0 Å². The molecule has 0 aromatic heterocycles. The fraction of sp³-hybridized carbons (Fsp3) is 0.875. The maximum absolute atomic E-state index is 12.9. The Labute approximate surface area is 215 Å². The number of esters is 2. The highest BCUT2D eigenvalue weighted by atomic mass is 16.6. The lowest BCUT2D eigenvalue weighted by Gasteiger charge is -2.32. The van der Waals surface area contributed by atoms with Crippen molar-refractivity contribution in [3.63, 3.8) is 0 Å². The van der Waals surface area contributed by atoms with Crippen LogP contribution in [0.1, 0.15) is 54.9 Å². The van der Waals surface area contributed by atoms with Crippen molar-refractivity contribution in [1.29, 1.82) is 0 Å². The van der Waals surface area contributed by atoms with E-state index in [-0.39, 0.29) is 37.5 Å². The van der Waals surface area contributed by atoms with E-state index < -0.39 is 17.2 Å². The molecule has 1 fully saturated rings. The summed E-state index contributed by atoms with van der Waals surface area (Å²) in [6, 6.07) is -0.500. The summed E-state index contributed by atoms with van der Waals surface area (Å²) >= 11 is 0. The molecule has 12 heteroatoms. The van der Waals surface area contributed by atoms with Gasteiger partial charge in [-0.3, -0.25) is 29.1 Å². The molecule has 1 rings (SSSR count). The number of carbonyl (C=O) groups is 3. The molecule has 1 amide bonds. The number of nitrogens with zero attached hydrogens (tertiary/aromatic N) is 6. The van der Waals surface area contributed by atoms with E-state index in [4.69, 9.17) is 15.0 Å². The molecule has 36 heavy (non-hydrogen) atoms. The van der Waals surface area contributed by atoms with Gasteiger partial charge in [-0.1, -0.05) is 5.11 Å². The van der Waals surface area contributed by atoms with Crippen LogP contribution in [0.25, 0.3) is 10.4 Å². The smallest absolute Gasteiger partial charge is 0.320 e. The molecule has 1 unspecified atom stereocenters. The molecule has 1 aliphatic rings. The van der Waals surface area contributed by atoms with Crippen LogP contribution >= 0.6 is 0 Å². The molecule has 206 valence electrons. The summed E-state index contributed by atoms with van der Waals surface area (Å²) in [6.45, 7) is 17.0. The summed E-state index contributed by atoms with van der Waals surface area (Å²) in [5.74, 6) is -0.784. The van der Waals surface area contributed by atoms with E-state index in [2.05, 4.69) is 15.3 Å². The zero-order chi connectivity index (χ0) is 27.4. The van der Waals surface area contributed by atoms with Crippen LogP contribution in [0.4, 0.5) is 0 Å². The normalized spacial score (nSPS) is 17.6. The quantitative estimate of drug-likeness (QED) is 0.203. The van der Waals surface area contributed by atoms with Crippen LogP contribution in [0.15, 0.2) is 5.11 Å². The van der Waals surface area contributed by atoms with Gasteiger partial charge in [0.05, 0.1) is 19.1 Å². The Hall–Kier alpha value is -2.40. The van der Waals surface area contributed by atoms with Gasteiger partial charge in [0.15, 0.2) is 0 Å². The molecule has 0 aliphatic carbocycles. The first-order valence-corrected chi connectivity index (χ1v) is 12.6. The Morgan fingerprint density at radius 3 is 1.72 bits per heavy atom. The number of carbonyl (C=O) groups excluding carboxylic acids is 3. The van der Waals surface area contributed by atoms with Gasteiger partial charge in [0.1, 0.15) is 11.2 Å². The Kier molecular flexibility index (Phi) is 13.2. The van der Waals surface area contributed by atoms with Gasteiger partial charge in [0.25, 0.3) is 0 Å². The Bertz CT molecular complexity index is 730. The second-order valence-electron chi connectivity index (χ2n) is 10.9. The average Bonchev–Trinajstić information content (AvgIpc) is 2.80. The lowest BCUT2D eigenvalue weighted by Crippen LogP contribution is -2.51. The van der Waals surface area contributed by atoms with Gasteiger partial charge in [-0.05, 0) is 60.4 Å².